The van der Waals surface area contributed by atoms with Gasteiger partial charge in [0.25, 0.3) is 0 Å². The van der Waals surface area contributed by atoms with Gasteiger partial charge in [0.1, 0.15) is 5.75 Å². The zero-order valence-electron chi connectivity index (χ0n) is 13.3. The fourth-order valence-corrected chi connectivity index (χ4v) is 2.93. The summed E-state index contributed by atoms with van der Waals surface area (Å²) in [4.78, 5) is 14.2. The van der Waals surface area contributed by atoms with Crippen molar-refractivity contribution < 1.29 is 9.53 Å². The summed E-state index contributed by atoms with van der Waals surface area (Å²) in [6, 6.07) is 6.55. The highest BCUT2D eigenvalue weighted by Gasteiger charge is 2.26. The van der Waals surface area contributed by atoms with Gasteiger partial charge in [-0.1, -0.05) is 17.7 Å². The van der Waals surface area contributed by atoms with Crippen molar-refractivity contribution in [3.8, 4) is 5.75 Å². The topological polar surface area (TPSA) is 55.6 Å². The molecule has 0 unspecified atom stereocenters. The molecule has 2 rings (SSSR count). The zero-order chi connectivity index (χ0) is 15.4. The Labute approximate surface area is 127 Å². The van der Waals surface area contributed by atoms with Gasteiger partial charge in [0.05, 0.1) is 13.0 Å². The maximum atomic E-state index is 12.2. The molecule has 1 aromatic rings. The average Bonchev–Trinajstić information content (AvgIpc) is 2.41. The molecule has 116 valence electrons. The van der Waals surface area contributed by atoms with Crippen molar-refractivity contribution in [2.75, 3.05) is 13.2 Å². The maximum absolute atomic E-state index is 12.2. The van der Waals surface area contributed by atoms with Crippen molar-refractivity contribution in [2.45, 2.75) is 52.1 Å². The van der Waals surface area contributed by atoms with E-state index < -0.39 is 0 Å². The number of nitrogens with two attached hydrogens (primary N) is 1. The van der Waals surface area contributed by atoms with Crippen LogP contribution in [0.4, 0.5) is 0 Å². The van der Waals surface area contributed by atoms with E-state index in [-0.39, 0.29) is 18.0 Å². The van der Waals surface area contributed by atoms with Crippen molar-refractivity contribution >= 4 is 5.91 Å². The molecule has 21 heavy (non-hydrogen) atoms. The lowest BCUT2D eigenvalue weighted by atomic mass is 9.99. The summed E-state index contributed by atoms with van der Waals surface area (Å²) in [7, 11) is 0. The minimum Gasteiger partial charge on any atom is -0.493 e. The molecule has 1 heterocycles. The second kappa shape index (κ2) is 6.94. The normalized spacial score (nSPS) is 22.2. The van der Waals surface area contributed by atoms with Gasteiger partial charge in [-0.05, 0) is 45.2 Å². The molecule has 1 fully saturated rings. The molecular weight excluding hydrogens is 264 g/mol. The molecule has 0 aliphatic carbocycles. The van der Waals surface area contributed by atoms with E-state index >= 15 is 0 Å². The third-order valence-corrected chi connectivity index (χ3v) is 4.14. The zero-order valence-corrected chi connectivity index (χ0v) is 13.3. The number of carbonyl (C=O) groups is 1. The second-order valence-electron chi connectivity index (χ2n) is 6.09. The summed E-state index contributed by atoms with van der Waals surface area (Å²) < 4.78 is 5.74. The van der Waals surface area contributed by atoms with E-state index in [1.807, 2.05) is 24.0 Å². The highest BCUT2D eigenvalue weighted by atomic mass is 16.5. The highest BCUT2D eigenvalue weighted by molar-refractivity contribution is 5.76. The SMILES string of the molecule is Cc1ccc(OCCC(=O)N2CC[C@H](N)C[C@@H]2C)c(C)c1. The van der Waals surface area contributed by atoms with Crippen LogP contribution < -0.4 is 10.5 Å². The Morgan fingerprint density at radius 1 is 1.43 bits per heavy atom. The minimum absolute atomic E-state index is 0.166. The van der Waals surface area contributed by atoms with Gasteiger partial charge >= 0.3 is 0 Å². The Hall–Kier alpha value is -1.55. The number of likely N-dealkylation sites (tertiary alicyclic amines) is 1. The molecule has 1 aliphatic heterocycles. The molecule has 0 spiro atoms. The van der Waals surface area contributed by atoms with E-state index in [1.165, 1.54) is 5.56 Å². The molecule has 1 aromatic carbocycles. The number of nitrogens with zero attached hydrogens (tertiary/aromatic N) is 1. The van der Waals surface area contributed by atoms with Gasteiger partial charge < -0.3 is 15.4 Å². The third kappa shape index (κ3) is 4.21. The predicted octanol–water partition coefficient (Wildman–Crippen LogP) is 2.41. The molecule has 0 bridgehead atoms. The highest BCUT2D eigenvalue weighted by Crippen LogP contribution is 2.20. The summed E-state index contributed by atoms with van der Waals surface area (Å²) >= 11 is 0. The Morgan fingerprint density at radius 2 is 2.19 bits per heavy atom. The fraction of sp³-hybridized carbons (Fsp3) is 0.588. The Balaban J connectivity index is 1.81. The van der Waals surface area contributed by atoms with Crippen LogP contribution in [0.25, 0.3) is 0 Å². The summed E-state index contributed by atoms with van der Waals surface area (Å²) in [6.45, 7) is 7.35. The first-order valence-corrected chi connectivity index (χ1v) is 7.72. The van der Waals surface area contributed by atoms with E-state index in [0.717, 1.165) is 30.7 Å². The van der Waals surface area contributed by atoms with Crippen molar-refractivity contribution in [1.82, 2.24) is 4.90 Å². The van der Waals surface area contributed by atoms with Gasteiger partial charge in [0.15, 0.2) is 0 Å². The molecule has 2 atom stereocenters. The fourth-order valence-electron chi connectivity index (χ4n) is 2.93. The Kier molecular flexibility index (Phi) is 5.23. The molecule has 4 heteroatoms. The van der Waals surface area contributed by atoms with Crippen molar-refractivity contribution in [3.63, 3.8) is 0 Å². The standard InChI is InChI=1S/C17H26N2O2/c1-12-4-5-16(13(2)10-12)21-9-7-17(20)19-8-6-15(18)11-14(19)3/h4-5,10,14-15H,6-9,11,18H2,1-3H3/t14-,15-/m0/s1. The van der Waals surface area contributed by atoms with Gasteiger partial charge in [-0.25, -0.2) is 0 Å². The van der Waals surface area contributed by atoms with E-state index in [2.05, 4.69) is 19.9 Å². The molecule has 4 nitrogen and oxygen atoms in total. The van der Waals surface area contributed by atoms with Crippen molar-refractivity contribution in [2.24, 2.45) is 5.73 Å². The van der Waals surface area contributed by atoms with Crippen LogP contribution in [0.1, 0.15) is 37.3 Å². The number of amides is 1. The number of hydrogen-bond donors (Lipinski definition) is 1. The number of aryl methyl sites for hydroxylation is 2. The van der Waals surface area contributed by atoms with Crippen molar-refractivity contribution in [3.05, 3.63) is 29.3 Å². The monoisotopic (exact) mass is 290 g/mol. The molecule has 1 amide bonds. The molecule has 0 aromatic heterocycles. The molecular formula is C17H26N2O2. The van der Waals surface area contributed by atoms with E-state index in [9.17, 15) is 4.79 Å². The largest absolute Gasteiger partial charge is 0.493 e. The second-order valence-corrected chi connectivity index (χ2v) is 6.09. The van der Waals surface area contributed by atoms with Gasteiger partial charge in [0, 0.05) is 18.6 Å². The summed E-state index contributed by atoms with van der Waals surface area (Å²) in [5, 5.41) is 0. The van der Waals surface area contributed by atoms with Crippen LogP contribution in [0, 0.1) is 13.8 Å². The van der Waals surface area contributed by atoms with E-state index in [4.69, 9.17) is 10.5 Å². The number of rotatable bonds is 4. The van der Waals surface area contributed by atoms with Gasteiger partial charge in [-0.15, -0.1) is 0 Å². The first-order chi connectivity index (χ1) is 9.97. The van der Waals surface area contributed by atoms with Crippen LogP contribution in [0.2, 0.25) is 0 Å². The Bertz CT molecular complexity index is 502. The number of piperidine rings is 1. The first-order valence-electron chi connectivity index (χ1n) is 7.72. The lowest BCUT2D eigenvalue weighted by molar-refractivity contribution is -0.135. The van der Waals surface area contributed by atoms with Crippen LogP contribution in [0.5, 0.6) is 5.75 Å². The average molecular weight is 290 g/mol. The van der Waals surface area contributed by atoms with E-state index in [0.29, 0.717) is 13.0 Å². The minimum atomic E-state index is 0.166. The van der Waals surface area contributed by atoms with Gasteiger partial charge in [-0.2, -0.15) is 0 Å². The van der Waals surface area contributed by atoms with Crippen LogP contribution in [0.3, 0.4) is 0 Å². The van der Waals surface area contributed by atoms with Gasteiger partial charge in [-0.3, -0.25) is 4.79 Å². The van der Waals surface area contributed by atoms with E-state index in [1.54, 1.807) is 0 Å². The van der Waals surface area contributed by atoms with Crippen molar-refractivity contribution in [1.29, 1.82) is 0 Å². The lowest BCUT2D eigenvalue weighted by Crippen LogP contribution is -2.48. The predicted molar refractivity (Wildman–Crippen MR) is 84.4 cm³/mol. The number of ether oxygens (including phenoxy) is 1. The van der Waals surface area contributed by atoms with Crippen LogP contribution in [-0.2, 0) is 4.79 Å². The molecule has 1 aliphatic rings. The third-order valence-electron chi connectivity index (χ3n) is 4.14. The number of carbonyl (C=O) groups excluding carboxylic acids is 1. The molecule has 2 N–H and O–H groups in total. The summed E-state index contributed by atoms with van der Waals surface area (Å²) in [5.41, 5.74) is 8.26. The Morgan fingerprint density at radius 3 is 2.86 bits per heavy atom. The van der Waals surface area contributed by atoms with Crippen LogP contribution >= 0.6 is 0 Å². The smallest absolute Gasteiger partial charge is 0.226 e. The molecule has 0 radical (unpaired) electrons. The van der Waals surface area contributed by atoms with Crippen LogP contribution in [-0.4, -0.2) is 36.0 Å². The van der Waals surface area contributed by atoms with Crippen LogP contribution in [0.15, 0.2) is 18.2 Å². The maximum Gasteiger partial charge on any atom is 0.226 e. The number of hydrogen-bond acceptors (Lipinski definition) is 3. The summed E-state index contributed by atoms with van der Waals surface area (Å²) in [6.07, 6.45) is 2.21. The van der Waals surface area contributed by atoms with Gasteiger partial charge in [0.2, 0.25) is 5.91 Å². The number of benzene rings is 1. The lowest BCUT2D eigenvalue weighted by Gasteiger charge is -2.36. The first kappa shape index (κ1) is 15.8. The molecule has 0 saturated carbocycles. The molecule has 1 saturated heterocycles. The summed E-state index contributed by atoms with van der Waals surface area (Å²) in [5.74, 6) is 1.03. The quantitative estimate of drug-likeness (QED) is 0.926.